The van der Waals surface area contributed by atoms with Crippen molar-refractivity contribution in [2.75, 3.05) is 39.4 Å². The summed E-state index contributed by atoms with van der Waals surface area (Å²) >= 11 is 0. The summed E-state index contributed by atoms with van der Waals surface area (Å²) in [7, 11) is -3.72. The van der Waals surface area contributed by atoms with E-state index < -0.39 is 16.1 Å². The van der Waals surface area contributed by atoms with E-state index in [1.54, 1.807) is 42.3 Å². The highest BCUT2D eigenvalue weighted by molar-refractivity contribution is 7.89. The van der Waals surface area contributed by atoms with Crippen LogP contribution in [0.1, 0.15) is 13.3 Å². The van der Waals surface area contributed by atoms with Gasteiger partial charge in [0.25, 0.3) is 5.91 Å². The number of amides is 1. The maximum atomic E-state index is 13.2. The predicted molar refractivity (Wildman–Crippen MR) is 112 cm³/mol. The minimum Gasteiger partial charge on any atom is -0.486 e. The van der Waals surface area contributed by atoms with Gasteiger partial charge in [-0.05, 0) is 31.5 Å². The molecule has 0 saturated carbocycles. The Morgan fingerprint density at radius 3 is 2.65 bits per heavy atom. The van der Waals surface area contributed by atoms with Crippen molar-refractivity contribution in [2.45, 2.75) is 24.3 Å². The van der Waals surface area contributed by atoms with Gasteiger partial charge in [-0.1, -0.05) is 6.07 Å². The highest BCUT2D eigenvalue weighted by Crippen LogP contribution is 2.33. The molecule has 2 aliphatic heterocycles. The fourth-order valence-electron chi connectivity index (χ4n) is 3.59. The van der Waals surface area contributed by atoms with Crippen LogP contribution in [0.25, 0.3) is 0 Å². The van der Waals surface area contributed by atoms with E-state index in [1.165, 1.54) is 16.4 Å². The number of nitrogens with zero attached hydrogens (tertiary/aromatic N) is 3. The van der Waals surface area contributed by atoms with Crippen LogP contribution in [0.4, 0.5) is 0 Å². The Balaban J connectivity index is 1.42. The lowest BCUT2D eigenvalue weighted by Gasteiger charge is -2.25. The molecule has 2 aliphatic rings. The minimum absolute atomic E-state index is 0.156. The topological polar surface area (TPSA) is 98.3 Å². The van der Waals surface area contributed by atoms with Gasteiger partial charge in [-0.25, -0.2) is 13.4 Å². The van der Waals surface area contributed by atoms with E-state index >= 15 is 0 Å². The second-order valence-electron chi connectivity index (χ2n) is 7.32. The SMILES string of the molecule is CC(Oc1ccccn1)C(=O)N1CCCN(S(=O)(=O)c2ccc3c(c2)OCCO3)CC1. The van der Waals surface area contributed by atoms with Crippen molar-refractivity contribution >= 4 is 15.9 Å². The van der Waals surface area contributed by atoms with Gasteiger partial charge in [0.1, 0.15) is 13.2 Å². The number of pyridine rings is 1. The summed E-state index contributed by atoms with van der Waals surface area (Å²) < 4.78 is 44.4. The van der Waals surface area contributed by atoms with E-state index in [2.05, 4.69) is 4.98 Å². The number of aromatic nitrogens is 1. The first-order chi connectivity index (χ1) is 14.9. The molecule has 9 nitrogen and oxygen atoms in total. The zero-order chi connectivity index (χ0) is 21.8. The van der Waals surface area contributed by atoms with Crippen LogP contribution < -0.4 is 14.2 Å². The van der Waals surface area contributed by atoms with Crippen molar-refractivity contribution in [3.05, 3.63) is 42.6 Å². The Bertz CT molecular complexity index is 1030. The molecule has 2 aromatic rings. The number of benzene rings is 1. The summed E-state index contributed by atoms with van der Waals surface area (Å²) in [6.07, 6.45) is 1.42. The van der Waals surface area contributed by atoms with Crippen molar-refractivity contribution < 1.29 is 27.4 Å². The van der Waals surface area contributed by atoms with Crippen molar-refractivity contribution in [1.29, 1.82) is 0 Å². The molecule has 0 bridgehead atoms. The monoisotopic (exact) mass is 447 g/mol. The zero-order valence-corrected chi connectivity index (χ0v) is 18.1. The van der Waals surface area contributed by atoms with E-state index in [0.717, 1.165) is 0 Å². The van der Waals surface area contributed by atoms with Crippen LogP contribution >= 0.6 is 0 Å². The molecule has 4 rings (SSSR count). The molecule has 1 amide bonds. The summed E-state index contributed by atoms with van der Waals surface area (Å²) in [6, 6.07) is 9.89. The highest BCUT2D eigenvalue weighted by Gasteiger charge is 2.31. The summed E-state index contributed by atoms with van der Waals surface area (Å²) in [5.74, 6) is 1.16. The van der Waals surface area contributed by atoms with Crippen molar-refractivity contribution in [1.82, 2.24) is 14.2 Å². The summed E-state index contributed by atoms with van der Waals surface area (Å²) in [5, 5.41) is 0. The van der Waals surface area contributed by atoms with Gasteiger partial charge >= 0.3 is 0 Å². The third kappa shape index (κ3) is 4.75. The molecule has 1 atom stereocenters. The molecule has 31 heavy (non-hydrogen) atoms. The second-order valence-corrected chi connectivity index (χ2v) is 9.25. The molecule has 0 radical (unpaired) electrons. The molecular formula is C21H25N3O6S. The largest absolute Gasteiger partial charge is 0.486 e. The first-order valence-corrected chi connectivity index (χ1v) is 11.7. The van der Waals surface area contributed by atoms with Gasteiger partial charge in [0.2, 0.25) is 15.9 Å². The molecule has 1 unspecified atom stereocenters. The van der Waals surface area contributed by atoms with Crippen molar-refractivity contribution in [2.24, 2.45) is 0 Å². The normalized spacial score (nSPS) is 18.2. The number of carbonyl (C=O) groups is 1. The molecular weight excluding hydrogens is 422 g/mol. The van der Waals surface area contributed by atoms with E-state index in [4.69, 9.17) is 14.2 Å². The Morgan fingerprint density at radius 1 is 1.06 bits per heavy atom. The fraction of sp³-hybridized carbons (Fsp3) is 0.429. The summed E-state index contributed by atoms with van der Waals surface area (Å²) in [4.78, 5) is 18.7. The van der Waals surface area contributed by atoms with Crippen LogP contribution in [0.5, 0.6) is 17.4 Å². The van der Waals surface area contributed by atoms with Gasteiger partial charge in [-0.2, -0.15) is 4.31 Å². The number of rotatable bonds is 5. The molecule has 0 aliphatic carbocycles. The number of carbonyl (C=O) groups excluding carboxylic acids is 1. The van der Waals surface area contributed by atoms with Gasteiger partial charge in [-0.3, -0.25) is 4.79 Å². The van der Waals surface area contributed by atoms with Gasteiger partial charge in [0.05, 0.1) is 4.90 Å². The fourth-order valence-corrected chi connectivity index (χ4v) is 5.08. The first kappa shape index (κ1) is 21.4. The molecule has 1 saturated heterocycles. The Morgan fingerprint density at radius 2 is 1.87 bits per heavy atom. The molecule has 3 heterocycles. The smallest absolute Gasteiger partial charge is 0.263 e. The number of fused-ring (bicyclic) bond motifs is 1. The molecule has 10 heteroatoms. The van der Waals surface area contributed by atoms with Crippen molar-refractivity contribution in [3.8, 4) is 17.4 Å². The lowest BCUT2D eigenvalue weighted by Crippen LogP contribution is -2.43. The number of hydrogen-bond donors (Lipinski definition) is 0. The molecule has 1 fully saturated rings. The second kappa shape index (κ2) is 9.11. The molecule has 1 aromatic heterocycles. The lowest BCUT2D eigenvalue weighted by atomic mass is 10.3. The Hall–Kier alpha value is -2.85. The van der Waals surface area contributed by atoms with Crippen LogP contribution in [-0.2, 0) is 14.8 Å². The Labute approximate surface area is 181 Å². The van der Waals surface area contributed by atoms with Crippen LogP contribution in [0, 0.1) is 0 Å². The third-order valence-electron chi connectivity index (χ3n) is 5.20. The molecule has 166 valence electrons. The predicted octanol–water partition coefficient (Wildman–Crippen LogP) is 1.54. The number of sulfonamides is 1. The average Bonchev–Trinajstić information content (AvgIpc) is 3.06. The van der Waals surface area contributed by atoms with Gasteiger partial charge in [0, 0.05) is 44.5 Å². The maximum Gasteiger partial charge on any atom is 0.263 e. The van der Waals surface area contributed by atoms with Gasteiger partial charge < -0.3 is 19.1 Å². The van der Waals surface area contributed by atoms with Crippen LogP contribution in [0.3, 0.4) is 0 Å². The van der Waals surface area contributed by atoms with Crippen LogP contribution in [0.2, 0.25) is 0 Å². The molecule has 1 aromatic carbocycles. The summed E-state index contributed by atoms with van der Waals surface area (Å²) in [6.45, 7) is 3.79. The van der Waals surface area contributed by atoms with Crippen molar-refractivity contribution in [3.63, 3.8) is 0 Å². The number of hydrogen-bond acceptors (Lipinski definition) is 7. The molecule has 0 spiro atoms. The average molecular weight is 448 g/mol. The van der Waals surface area contributed by atoms with Crippen LogP contribution in [0.15, 0.2) is 47.5 Å². The van der Waals surface area contributed by atoms with Crippen LogP contribution in [-0.4, -0.2) is 74.0 Å². The standard InChI is InChI=1S/C21H25N3O6S/c1-16(30-20-5-2-3-8-22-20)21(25)23-9-4-10-24(12-11-23)31(26,27)17-6-7-18-19(15-17)29-14-13-28-18/h2-3,5-8,15-16H,4,9-14H2,1H3. The van der Waals surface area contributed by atoms with Gasteiger partial charge in [-0.15, -0.1) is 0 Å². The van der Waals surface area contributed by atoms with E-state index in [-0.39, 0.29) is 17.3 Å². The quantitative estimate of drug-likeness (QED) is 0.686. The van der Waals surface area contributed by atoms with E-state index in [1.807, 2.05) is 0 Å². The van der Waals surface area contributed by atoms with E-state index in [0.29, 0.717) is 56.6 Å². The zero-order valence-electron chi connectivity index (χ0n) is 17.3. The van der Waals surface area contributed by atoms with Gasteiger partial charge in [0.15, 0.2) is 17.6 Å². The lowest BCUT2D eigenvalue weighted by molar-refractivity contribution is -0.137. The summed E-state index contributed by atoms with van der Waals surface area (Å²) in [5.41, 5.74) is 0. The third-order valence-corrected chi connectivity index (χ3v) is 7.10. The number of ether oxygens (including phenoxy) is 3. The first-order valence-electron chi connectivity index (χ1n) is 10.2. The maximum absolute atomic E-state index is 13.2. The Kier molecular flexibility index (Phi) is 6.28. The van der Waals surface area contributed by atoms with E-state index in [9.17, 15) is 13.2 Å². The minimum atomic E-state index is -3.72. The highest BCUT2D eigenvalue weighted by atomic mass is 32.2. The molecule has 0 N–H and O–H groups in total.